The number of nitriles is 1. The van der Waals surface area contributed by atoms with E-state index in [4.69, 9.17) is 17.5 Å². The second-order valence-electron chi connectivity index (χ2n) is 4.63. The van der Waals surface area contributed by atoms with Crippen molar-refractivity contribution in [3.63, 3.8) is 0 Å². The standard InChI is InChI=1S/C15H12N4S/c1-10-5-6-17-8-12(10)9-19-13-4-2-3-11(7-16)14(13)18-15(19)20/h2-6,8H,9H2,1H3,(H,18,20). The van der Waals surface area contributed by atoms with Crippen LogP contribution >= 0.6 is 12.2 Å². The number of aromatic amines is 1. The molecule has 5 heteroatoms. The summed E-state index contributed by atoms with van der Waals surface area (Å²) in [6.07, 6.45) is 3.63. The number of para-hydroxylation sites is 1. The Balaban J connectivity index is 2.18. The third-order valence-corrected chi connectivity index (χ3v) is 3.73. The van der Waals surface area contributed by atoms with Gasteiger partial charge in [-0.05, 0) is 48.5 Å². The van der Waals surface area contributed by atoms with Crippen molar-refractivity contribution in [1.82, 2.24) is 14.5 Å². The number of aryl methyl sites for hydroxylation is 1. The van der Waals surface area contributed by atoms with Gasteiger partial charge in [-0.2, -0.15) is 5.26 Å². The lowest BCUT2D eigenvalue weighted by atomic mass is 10.1. The second kappa shape index (κ2) is 4.91. The Labute approximate surface area is 121 Å². The Bertz CT molecular complexity index is 883. The van der Waals surface area contributed by atoms with Crippen molar-refractivity contribution in [3.8, 4) is 6.07 Å². The molecule has 0 fully saturated rings. The number of H-pyrrole nitrogens is 1. The van der Waals surface area contributed by atoms with Crippen LogP contribution in [0.3, 0.4) is 0 Å². The molecule has 0 spiro atoms. The van der Waals surface area contributed by atoms with Gasteiger partial charge in [0.25, 0.3) is 0 Å². The van der Waals surface area contributed by atoms with Crippen LogP contribution in [0.25, 0.3) is 11.0 Å². The number of hydrogen-bond acceptors (Lipinski definition) is 3. The largest absolute Gasteiger partial charge is 0.329 e. The summed E-state index contributed by atoms with van der Waals surface area (Å²) in [5, 5.41) is 9.15. The molecule has 0 unspecified atom stereocenters. The maximum atomic E-state index is 9.15. The molecule has 0 saturated heterocycles. The summed E-state index contributed by atoms with van der Waals surface area (Å²) < 4.78 is 2.61. The van der Waals surface area contributed by atoms with Crippen LogP contribution in [0.2, 0.25) is 0 Å². The van der Waals surface area contributed by atoms with Crippen molar-refractivity contribution in [1.29, 1.82) is 5.26 Å². The molecule has 2 aromatic heterocycles. The first kappa shape index (κ1) is 12.6. The number of nitrogens with zero attached hydrogens (tertiary/aromatic N) is 3. The number of rotatable bonds is 2. The maximum Gasteiger partial charge on any atom is 0.178 e. The highest BCUT2D eigenvalue weighted by Gasteiger charge is 2.09. The van der Waals surface area contributed by atoms with Crippen LogP contribution in [0, 0.1) is 23.0 Å². The molecular weight excluding hydrogens is 268 g/mol. The predicted octanol–water partition coefficient (Wildman–Crippen LogP) is 3.32. The summed E-state index contributed by atoms with van der Waals surface area (Å²) in [7, 11) is 0. The van der Waals surface area contributed by atoms with E-state index in [-0.39, 0.29) is 0 Å². The molecule has 0 aliphatic carbocycles. The lowest BCUT2D eigenvalue weighted by Gasteiger charge is -2.07. The monoisotopic (exact) mass is 280 g/mol. The highest BCUT2D eigenvalue weighted by Crippen LogP contribution is 2.20. The molecule has 0 amide bonds. The first-order chi connectivity index (χ1) is 9.70. The van der Waals surface area contributed by atoms with Crippen LogP contribution in [-0.2, 0) is 6.54 Å². The van der Waals surface area contributed by atoms with Crippen LogP contribution in [0.15, 0.2) is 36.7 Å². The van der Waals surface area contributed by atoms with Gasteiger partial charge < -0.3 is 9.55 Å². The van der Waals surface area contributed by atoms with Crippen molar-refractivity contribution < 1.29 is 0 Å². The Morgan fingerprint density at radius 1 is 1.40 bits per heavy atom. The summed E-state index contributed by atoms with van der Waals surface area (Å²) >= 11 is 5.38. The summed E-state index contributed by atoms with van der Waals surface area (Å²) in [5.41, 5.74) is 4.63. The van der Waals surface area contributed by atoms with Crippen molar-refractivity contribution in [2.24, 2.45) is 0 Å². The van der Waals surface area contributed by atoms with Gasteiger partial charge >= 0.3 is 0 Å². The molecule has 98 valence electrons. The number of pyridine rings is 1. The van der Waals surface area contributed by atoms with Crippen LogP contribution in [0.4, 0.5) is 0 Å². The van der Waals surface area contributed by atoms with E-state index >= 15 is 0 Å². The average Bonchev–Trinajstić information content (AvgIpc) is 2.77. The van der Waals surface area contributed by atoms with E-state index in [1.54, 1.807) is 12.3 Å². The zero-order chi connectivity index (χ0) is 14.1. The van der Waals surface area contributed by atoms with E-state index in [1.807, 2.05) is 29.0 Å². The quantitative estimate of drug-likeness (QED) is 0.733. The minimum Gasteiger partial charge on any atom is -0.329 e. The molecule has 3 rings (SSSR count). The van der Waals surface area contributed by atoms with Crippen LogP contribution in [-0.4, -0.2) is 14.5 Å². The van der Waals surface area contributed by atoms with E-state index < -0.39 is 0 Å². The third-order valence-electron chi connectivity index (χ3n) is 3.41. The lowest BCUT2D eigenvalue weighted by molar-refractivity contribution is 0.800. The van der Waals surface area contributed by atoms with E-state index in [9.17, 15) is 0 Å². The summed E-state index contributed by atoms with van der Waals surface area (Å²) in [4.78, 5) is 7.28. The Hall–Kier alpha value is -2.45. The van der Waals surface area contributed by atoms with Gasteiger partial charge in [-0.3, -0.25) is 4.98 Å². The molecule has 20 heavy (non-hydrogen) atoms. The molecule has 3 aromatic rings. The number of nitrogens with one attached hydrogen (secondary N) is 1. The molecule has 1 aromatic carbocycles. The van der Waals surface area contributed by atoms with Crippen molar-refractivity contribution >= 4 is 23.3 Å². The number of aromatic nitrogens is 3. The fraction of sp³-hybridized carbons (Fsp3) is 0.133. The molecule has 0 aliphatic rings. The number of fused-ring (bicyclic) bond motifs is 1. The fourth-order valence-corrected chi connectivity index (χ4v) is 2.53. The van der Waals surface area contributed by atoms with Crippen molar-refractivity contribution in [2.45, 2.75) is 13.5 Å². The zero-order valence-corrected chi connectivity index (χ0v) is 11.7. The van der Waals surface area contributed by atoms with Gasteiger partial charge in [0.1, 0.15) is 6.07 Å². The average molecular weight is 280 g/mol. The zero-order valence-electron chi connectivity index (χ0n) is 10.9. The van der Waals surface area contributed by atoms with E-state index in [1.165, 1.54) is 5.56 Å². The summed E-state index contributed by atoms with van der Waals surface area (Å²) in [6, 6.07) is 9.79. The van der Waals surface area contributed by atoms with Gasteiger partial charge in [0.05, 0.1) is 23.1 Å². The first-order valence-electron chi connectivity index (χ1n) is 6.22. The van der Waals surface area contributed by atoms with Gasteiger partial charge in [-0.15, -0.1) is 0 Å². The Kier molecular flexibility index (Phi) is 3.09. The van der Waals surface area contributed by atoms with Gasteiger partial charge in [0, 0.05) is 12.4 Å². The smallest absolute Gasteiger partial charge is 0.178 e. The molecular formula is C15H12N4S. The lowest BCUT2D eigenvalue weighted by Crippen LogP contribution is -2.02. The molecule has 4 nitrogen and oxygen atoms in total. The minimum absolute atomic E-state index is 0.607. The topological polar surface area (TPSA) is 57.4 Å². The van der Waals surface area contributed by atoms with Crippen molar-refractivity contribution in [3.05, 3.63) is 58.1 Å². The van der Waals surface area contributed by atoms with Crippen LogP contribution in [0.5, 0.6) is 0 Å². The van der Waals surface area contributed by atoms with E-state index in [0.29, 0.717) is 16.9 Å². The highest BCUT2D eigenvalue weighted by molar-refractivity contribution is 7.71. The van der Waals surface area contributed by atoms with Crippen LogP contribution < -0.4 is 0 Å². The van der Waals surface area contributed by atoms with Gasteiger partial charge in [0.15, 0.2) is 4.77 Å². The maximum absolute atomic E-state index is 9.15. The normalized spacial score (nSPS) is 10.6. The molecule has 1 N–H and O–H groups in total. The molecule has 0 bridgehead atoms. The molecule has 2 heterocycles. The Morgan fingerprint density at radius 2 is 2.25 bits per heavy atom. The van der Waals surface area contributed by atoms with E-state index in [2.05, 4.69) is 23.0 Å². The SMILES string of the molecule is Cc1ccncc1Cn1c(=S)[nH]c2c(C#N)cccc21. The molecule has 0 atom stereocenters. The number of benzene rings is 1. The molecule has 0 radical (unpaired) electrons. The number of hydrogen-bond donors (Lipinski definition) is 1. The van der Waals surface area contributed by atoms with Gasteiger partial charge in [-0.25, -0.2) is 0 Å². The predicted molar refractivity (Wildman–Crippen MR) is 79.9 cm³/mol. The first-order valence-corrected chi connectivity index (χ1v) is 6.62. The fourth-order valence-electron chi connectivity index (χ4n) is 2.26. The van der Waals surface area contributed by atoms with Crippen LogP contribution in [0.1, 0.15) is 16.7 Å². The Morgan fingerprint density at radius 3 is 3.00 bits per heavy atom. The third kappa shape index (κ3) is 2.00. The van der Waals surface area contributed by atoms with Crippen molar-refractivity contribution in [2.75, 3.05) is 0 Å². The van der Waals surface area contributed by atoms with Gasteiger partial charge in [0.2, 0.25) is 0 Å². The van der Waals surface area contributed by atoms with Gasteiger partial charge in [-0.1, -0.05) is 6.07 Å². The summed E-state index contributed by atoms with van der Waals surface area (Å²) in [6.45, 7) is 2.70. The highest BCUT2D eigenvalue weighted by atomic mass is 32.1. The molecule has 0 aliphatic heterocycles. The minimum atomic E-state index is 0.607. The number of imidazole rings is 1. The van der Waals surface area contributed by atoms with E-state index in [0.717, 1.165) is 16.6 Å². The summed E-state index contributed by atoms with van der Waals surface area (Å²) in [5.74, 6) is 0. The molecule has 0 saturated carbocycles. The second-order valence-corrected chi connectivity index (χ2v) is 5.02.